The lowest BCUT2D eigenvalue weighted by atomic mass is 9.75. The molecule has 1 aromatic heterocycles. The van der Waals surface area contributed by atoms with Gasteiger partial charge in [-0.2, -0.15) is 0 Å². The molecule has 2 N–H and O–H groups in total. The van der Waals surface area contributed by atoms with Gasteiger partial charge in [-0.1, -0.05) is 19.4 Å². The van der Waals surface area contributed by atoms with Gasteiger partial charge in [0.2, 0.25) is 5.91 Å². The number of carbonyl (C=O) groups is 3. The van der Waals surface area contributed by atoms with Crippen molar-refractivity contribution in [2.45, 2.75) is 63.5 Å². The van der Waals surface area contributed by atoms with Gasteiger partial charge in [0.1, 0.15) is 12.1 Å². The number of carbonyl (C=O) groups excluding carboxylic acids is 3. The second-order valence-corrected chi connectivity index (χ2v) is 9.81. The van der Waals surface area contributed by atoms with Crippen LogP contribution in [0, 0.1) is 5.92 Å². The smallest absolute Gasteiger partial charge is 0.325 e. The van der Waals surface area contributed by atoms with Crippen LogP contribution in [0.5, 0.6) is 0 Å². The normalized spacial score (nSPS) is 28.2. The zero-order valence-corrected chi connectivity index (χ0v) is 18.5. The van der Waals surface area contributed by atoms with E-state index in [2.05, 4.69) is 33.9 Å². The van der Waals surface area contributed by atoms with Crippen LogP contribution < -0.4 is 10.6 Å². The van der Waals surface area contributed by atoms with Crippen LogP contribution >= 0.6 is 11.3 Å². The number of rotatable bonds is 7. The van der Waals surface area contributed by atoms with E-state index in [1.54, 1.807) is 11.3 Å². The number of urea groups is 1. The molecule has 2 saturated heterocycles. The van der Waals surface area contributed by atoms with Crippen molar-refractivity contribution in [2.75, 3.05) is 26.2 Å². The van der Waals surface area contributed by atoms with Gasteiger partial charge >= 0.3 is 6.03 Å². The Morgan fingerprint density at radius 1 is 1.30 bits per heavy atom. The summed E-state index contributed by atoms with van der Waals surface area (Å²) in [5.41, 5.74) is -0.794. The summed E-state index contributed by atoms with van der Waals surface area (Å²) in [6.45, 7) is 4.52. The summed E-state index contributed by atoms with van der Waals surface area (Å²) in [7, 11) is 0. The molecule has 1 atom stereocenters. The van der Waals surface area contributed by atoms with Crippen LogP contribution in [0.25, 0.3) is 0 Å². The molecule has 1 aliphatic carbocycles. The van der Waals surface area contributed by atoms with E-state index in [9.17, 15) is 14.4 Å². The van der Waals surface area contributed by atoms with Crippen molar-refractivity contribution in [3.05, 3.63) is 22.4 Å². The highest BCUT2D eigenvalue weighted by Gasteiger charge is 2.52. The predicted octanol–water partition coefficient (Wildman–Crippen LogP) is 2.89. The first-order valence-corrected chi connectivity index (χ1v) is 12.1. The Kier molecular flexibility index (Phi) is 6.43. The molecule has 1 saturated carbocycles. The average molecular weight is 433 g/mol. The Morgan fingerprint density at radius 2 is 2.03 bits per heavy atom. The molecule has 1 unspecified atom stereocenters. The summed E-state index contributed by atoms with van der Waals surface area (Å²) in [4.78, 5) is 42.9. The lowest BCUT2D eigenvalue weighted by Gasteiger charge is -2.34. The van der Waals surface area contributed by atoms with Crippen LogP contribution in [-0.4, -0.2) is 59.4 Å². The molecule has 4 amide bonds. The van der Waals surface area contributed by atoms with Crippen molar-refractivity contribution >= 4 is 29.2 Å². The van der Waals surface area contributed by atoms with E-state index in [1.165, 1.54) is 17.7 Å². The minimum atomic E-state index is -0.794. The van der Waals surface area contributed by atoms with Crippen LogP contribution in [0.1, 0.15) is 62.8 Å². The van der Waals surface area contributed by atoms with Gasteiger partial charge in [-0.05, 0) is 69.0 Å². The van der Waals surface area contributed by atoms with Crippen molar-refractivity contribution < 1.29 is 14.4 Å². The largest absolute Gasteiger partial charge is 0.353 e. The quantitative estimate of drug-likeness (QED) is 0.649. The summed E-state index contributed by atoms with van der Waals surface area (Å²) in [6, 6.07) is 3.85. The number of imide groups is 1. The van der Waals surface area contributed by atoms with Gasteiger partial charge in [0.15, 0.2) is 0 Å². The molecule has 8 heteroatoms. The maximum atomic E-state index is 13.0. The van der Waals surface area contributed by atoms with Gasteiger partial charge in [-0.25, -0.2) is 4.79 Å². The van der Waals surface area contributed by atoms with Crippen LogP contribution in [0.4, 0.5) is 4.79 Å². The highest BCUT2D eigenvalue weighted by Crippen LogP contribution is 2.37. The first-order chi connectivity index (χ1) is 14.5. The molecular weight excluding hydrogens is 400 g/mol. The molecule has 1 aromatic rings. The van der Waals surface area contributed by atoms with Gasteiger partial charge in [-0.3, -0.25) is 19.4 Å². The van der Waals surface area contributed by atoms with E-state index in [-0.39, 0.29) is 24.4 Å². The predicted molar refractivity (Wildman–Crippen MR) is 116 cm³/mol. The minimum absolute atomic E-state index is 0.148. The van der Waals surface area contributed by atoms with Crippen LogP contribution in [0.3, 0.4) is 0 Å². The fourth-order valence-corrected chi connectivity index (χ4v) is 5.95. The Balaban J connectivity index is 1.34. The third-order valence-corrected chi connectivity index (χ3v) is 8.00. The van der Waals surface area contributed by atoms with E-state index in [4.69, 9.17) is 0 Å². The first-order valence-electron chi connectivity index (χ1n) is 11.2. The topological polar surface area (TPSA) is 81.8 Å². The Hall–Kier alpha value is -1.93. The number of nitrogens with zero attached hydrogens (tertiary/aromatic N) is 2. The molecule has 2 aliphatic heterocycles. The highest BCUT2D eigenvalue weighted by molar-refractivity contribution is 7.10. The Bertz CT molecular complexity index is 767. The van der Waals surface area contributed by atoms with Gasteiger partial charge < -0.3 is 10.6 Å². The van der Waals surface area contributed by atoms with Gasteiger partial charge in [-0.15, -0.1) is 11.3 Å². The van der Waals surface area contributed by atoms with Crippen LogP contribution in [0.2, 0.25) is 0 Å². The summed E-state index contributed by atoms with van der Waals surface area (Å²) in [5, 5.41) is 7.93. The molecule has 1 spiro atoms. The van der Waals surface area contributed by atoms with E-state index >= 15 is 0 Å². The molecule has 3 fully saturated rings. The van der Waals surface area contributed by atoms with E-state index in [1.807, 2.05) is 6.07 Å². The van der Waals surface area contributed by atoms with Crippen molar-refractivity contribution in [3.8, 4) is 0 Å². The van der Waals surface area contributed by atoms with E-state index in [0.717, 1.165) is 37.3 Å². The third-order valence-electron chi connectivity index (χ3n) is 7.03. The standard InChI is InChI=1S/C22H32N4O3S/c1-2-16-7-9-22(10-8-16)20(28)26(21(29)24-22)15-19(27)23-14-17(18-6-5-13-30-18)25-11-3-4-12-25/h5-6,13,16-17H,2-4,7-12,14-15H2,1H3,(H,23,27)(H,24,29). The zero-order chi connectivity index (χ0) is 21.1. The summed E-state index contributed by atoms with van der Waals surface area (Å²) in [6.07, 6.45) is 6.69. The Morgan fingerprint density at radius 3 is 2.67 bits per heavy atom. The number of nitrogens with one attached hydrogen (secondary N) is 2. The molecule has 3 aliphatic rings. The number of hydrogen-bond donors (Lipinski definition) is 2. The lowest BCUT2D eigenvalue weighted by molar-refractivity contribution is -0.136. The van der Waals surface area contributed by atoms with Gasteiger partial charge in [0, 0.05) is 11.4 Å². The second-order valence-electron chi connectivity index (χ2n) is 8.83. The third kappa shape index (κ3) is 4.25. The molecule has 3 heterocycles. The molecule has 0 aromatic carbocycles. The number of amides is 4. The van der Waals surface area contributed by atoms with Crippen molar-refractivity contribution in [2.24, 2.45) is 5.92 Å². The molecular formula is C22H32N4O3S. The van der Waals surface area contributed by atoms with Gasteiger partial charge in [0.05, 0.1) is 6.04 Å². The fraction of sp³-hybridized carbons (Fsp3) is 0.682. The molecule has 0 bridgehead atoms. The maximum Gasteiger partial charge on any atom is 0.325 e. The molecule has 30 heavy (non-hydrogen) atoms. The summed E-state index contributed by atoms with van der Waals surface area (Å²) < 4.78 is 0. The van der Waals surface area contributed by atoms with Crippen LogP contribution in [-0.2, 0) is 9.59 Å². The number of likely N-dealkylation sites (tertiary alicyclic amines) is 1. The van der Waals surface area contributed by atoms with Gasteiger partial charge in [0.25, 0.3) is 5.91 Å². The SMILES string of the molecule is CCC1CCC2(CC1)NC(=O)N(CC(=O)NCC(c1cccs1)N1CCCC1)C2=O. The van der Waals surface area contributed by atoms with Crippen LogP contribution in [0.15, 0.2) is 17.5 Å². The van der Waals surface area contributed by atoms with Crippen molar-refractivity contribution in [3.63, 3.8) is 0 Å². The molecule has 0 radical (unpaired) electrons. The van der Waals surface area contributed by atoms with Crippen molar-refractivity contribution in [1.29, 1.82) is 0 Å². The monoisotopic (exact) mass is 432 g/mol. The maximum absolute atomic E-state index is 13.0. The second kappa shape index (κ2) is 9.06. The molecule has 164 valence electrons. The zero-order valence-electron chi connectivity index (χ0n) is 17.7. The van der Waals surface area contributed by atoms with E-state index < -0.39 is 11.6 Å². The summed E-state index contributed by atoms with van der Waals surface area (Å²) >= 11 is 1.70. The Labute approximate surface area is 182 Å². The first kappa shape index (κ1) is 21.3. The van der Waals surface area contributed by atoms with Crippen molar-refractivity contribution in [1.82, 2.24) is 20.4 Å². The number of thiophene rings is 1. The fourth-order valence-electron chi connectivity index (χ4n) is 5.09. The lowest BCUT2D eigenvalue weighted by Crippen LogP contribution is -2.50. The van der Waals surface area contributed by atoms with E-state index in [0.29, 0.717) is 25.3 Å². The molecule has 4 rings (SSSR count). The summed E-state index contributed by atoms with van der Waals surface area (Å²) in [5.74, 6) is 0.113. The highest BCUT2D eigenvalue weighted by atomic mass is 32.1. The average Bonchev–Trinajstić information content (AvgIpc) is 3.50. The molecule has 7 nitrogen and oxygen atoms in total. The minimum Gasteiger partial charge on any atom is -0.353 e. The number of hydrogen-bond acceptors (Lipinski definition) is 5.